The van der Waals surface area contributed by atoms with Gasteiger partial charge in [0.05, 0.1) is 13.2 Å². The molecule has 1 amide bonds. The summed E-state index contributed by atoms with van der Waals surface area (Å²) in [5, 5.41) is 3.42. The average Bonchev–Trinajstić information content (AvgIpc) is 2.80. The highest BCUT2D eigenvalue weighted by atomic mass is 32.1. The van der Waals surface area contributed by atoms with Gasteiger partial charge in [0.2, 0.25) is 0 Å². The molecule has 134 valence electrons. The molecule has 0 aliphatic carbocycles. The lowest BCUT2D eigenvalue weighted by molar-refractivity contribution is -0.122. The summed E-state index contributed by atoms with van der Waals surface area (Å²) in [6.45, 7) is 4.98. The van der Waals surface area contributed by atoms with Gasteiger partial charge in [-0.2, -0.15) is 0 Å². The molecule has 0 atom stereocenters. The van der Waals surface area contributed by atoms with E-state index in [2.05, 4.69) is 5.32 Å². The molecule has 25 heavy (non-hydrogen) atoms. The van der Waals surface area contributed by atoms with Gasteiger partial charge in [0.15, 0.2) is 16.6 Å². The first-order valence-corrected chi connectivity index (χ1v) is 8.92. The van der Waals surface area contributed by atoms with Crippen LogP contribution in [-0.4, -0.2) is 48.9 Å². The molecule has 1 fully saturated rings. The summed E-state index contributed by atoms with van der Waals surface area (Å²) in [5.74, 6) is 1.24. The Balaban J connectivity index is 1.76. The van der Waals surface area contributed by atoms with Crippen LogP contribution in [0.4, 0.5) is 0 Å². The van der Waals surface area contributed by atoms with Crippen molar-refractivity contribution in [3.05, 3.63) is 29.5 Å². The highest BCUT2D eigenvalue weighted by molar-refractivity contribution is 7.80. The van der Waals surface area contributed by atoms with Crippen molar-refractivity contribution in [2.75, 3.05) is 33.0 Å². The Morgan fingerprint density at radius 2 is 2.20 bits per heavy atom. The second kappa shape index (κ2) is 8.31. The van der Waals surface area contributed by atoms with Crippen molar-refractivity contribution < 1.29 is 19.0 Å². The van der Waals surface area contributed by atoms with Gasteiger partial charge >= 0.3 is 0 Å². The molecule has 0 radical (unpaired) electrons. The zero-order chi connectivity index (χ0) is 17.6. The van der Waals surface area contributed by atoms with Crippen molar-refractivity contribution >= 4 is 29.3 Å². The van der Waals surface area contributed by atoms with E-state index >= 15 is 0 Å². The minimum Gasteiger partial charge on any atom is -0.490 e. The summed E-state index contributed by atoms with van der Waals surface area (Å²) in [6.07, 6.45) is 3.34. The van der Waals surface area contributed by atoms with E-state index in [1.54, 1.807) is 11.0 Å². The van der Waals surface area contributed by atoms with Gasteiger partial charge in [0.25, 0.3) is 5.91 Å². The van der Waals surface area contributed by atoms with E-state index in [0.717, 1.165) is 18.4 Å². The molecule has 7 heteroatoms. The Labute approximate surface area is 152 Å². The molecule has 3 rings (SSSR count). The lowest BCUT2D eigenvalue weighted by atomic mass is 10.1. The van der Waals surface area contributed by atoms with Crippen molar-refractivity contribution in [1.29, 1.82) is 0 Å². The number of nitrogens with zero attached hydrogens (tertiary/aromatic N) is 1. The van der Waals surface area contributed by atoms with E-state index in [1.807, 2.05) is 25.1 Å². The van der Waals surface area contributed by atoms with Gasteiger partial charge in [-0.1, -0.05) is 12.1 Å². The first-order chi connectivity index (χ1) is 12.2. The molecular weight excluding hydrogens is 340 g/mol. The van der Waals surface area contributed by atoms with Crippen LogP contribution in [0.15, 0.2) is 23.9 Å². The van der Waals surface area contributed by atoms with Crippen LogP contribution in [0, 0.1) is 0 Å². The molecule has 1 N–H and O–H groups in total. The van der Waals surface area contributed by atoms with Gasteiger partial charge in [0, 0.05) is 31.7 Å². The van der Waals surface area contributed by atoms with Gasteiger partial charge in [0.1, 0.15) is 5.70 Å². The number of carbonyl (C=O) groups excluding carboxylic acids is 1. The summed E-state index contributed by atoms with van der Waals surface area (Å²) in [5.41, 5.74) is 1.25. The maximum atomic E-state index is 12.6. The molecule has 2 heterocycles. The number of rotatable bonds is 6. The van der Waals surface area contributed by atoms with Gasteiger partial charge < -0.3 is 19.5 Å². The molecule has 0 aromatic heterocycles. The number of hydrogen-bond donors (Lipinski definition) is 1. The summed E-state index contributed by atoms with van der Waals surface area (Å²) >= 11 is 5.29. The van der Waals surface area contributed by atoms with Gasteiger partial charge in [-0.25, -0.2) is 0 Å². The fourth-order valence-corrected chi connectivity index (χ4v) is 3.01. The van der Waals surface area contributed by atoms with Crippen molar-refractivity contribution in [2.24, 2.45) is 0 Å². The number of hydrogen-bond acceptors (Lipinski definition) is 5. The molecule has 0 bridgehead atoms. The van der Waals surface area contributed by atoms with Crippen molar-refractivity contribution in [1.82, 2.24) is 10.2 Å². The zero-order valence-electron chi connectivity index (χ0n) is 14.2. The molecule has 0 saturated carbocycles. The minimum absolute atomic E-state index is 0.131. The van der Waals surface area contributed by atoms with Gasteiger partial charge in [-0.05, 0) is 37.7 Å². The van der Waals surface area contributed by atoms with Crippen molar-refractivity contribution in [3.63, 3.8) is 0 Å². The number of amides is 1. The van der Waals surface area contributed by atoms with Crippen molar-refractivity contribution in [3.8, 4) is 11.5 Å². The maximum absolute atomic E-state index is 12.6. The highest BCUT2D eigenvalue weighted by Gasteiger charge is 2.30. The predicted molar refractivity (Wildman–Crippen MR) is 98.6 cm³/mol. The summed E-state index contributed by atoms with van der Waals surface area (Å²) < 4.78 is 16.8. The zero-order valence-corrected chi connectivity index (χ0v) is 15.1. The third kappa shape index (κ3) is 4.11. The van der Waals surface area contributed by atoms with E-state index in [0.29, 0.717) is 55.3 Å². The monoisotopic (exact) mass is 362 g/mol. The predicted octanol–water partition coefficient (Wildman–Crippen LogP) is 2.33. The third-order valence-corrected chi connectivity index (χ3v) is 4.26. The Kier molecular flexibility index (Phi) is 5.88. The second-order valence-electron chi connectivity index (χ2n) is 5.72. The Hall–Kier alpha value is -2.12. The second-order valence-corrected chi connectivity index (χ2v) is 6.11. The first-order valence-electron chi connectivity index (χ1n) is 8.51. The molecule has 2 aliphatic rings. The lowest BCUT2D eigenvalue weighted by Gasteiger charge is -2.13. The van der Waals surface area contributed by atoms with Crippen LogP contribution in [0.2, 0.25) is 0 Å². The number of thiocarbonyl (C=S) groups is 1. The van der Waals surface area contributed by atoms with Crippen LogP contribution in [0.5, 0.6) is 11.5 Å². The largest absolute Gasteiger partial charge is 0.490 e. The smallest absolute Gasteiger partial charge is 0.276 e. The standard InChI is InChI=1S/C18H22N2O4S/c1-2-22-9-4-8-20-17(21)14(19-18(20)25)12-13-6-3-7-15-16(13)24-11-5-10-23-15/h3,6-7,12H,2,4-5,8-11H2,1H3,(H,19,25)/b14-12+. The number of nitrogens with one attached hydrogen (secondary N) is 1. The number of benzene rings is 1. The molecule has 2 aliphatic heterocycles. The Morgan fingerprint density at radius 1 is 1.36 bits per heavy atom. The number of fused-ring (bicyclic) bond motifs is 1. The van der Waals surface area contributed by atoms with E-state index in [9.17, 15) is 4.79 Å². The third-order valence-electron chi connectivity index (χ3n) is 3.94. The molecule has 0 spiro atoms. The van der Waals surface area contributed by atoms with Crippen LogP contribution in [-0.2, 0) is 9.53 Å². The van der Waals surface area contributed by atoms with E-state index < -0.39 is 0 Å². The normalized spacial score (nSPS) is 18.4. The molecule has 1 aromatic carbocycles. The molecule has 6 nitrogen and oxygen atoms in total. The summed E-state index contributed by atoms with van der Waals surface area (Å²) in [4.78, 5) is 14.2. The van der Waals surface area contributed by atoms with E-state index in [-0.39, 0.29) is 5.91 Å². The summed E-state index contributed by atoms with van der Waals surface area (Å²) in [6, 6.07) is 5.66. The quantitative estimate of drug-likeness (QED) is 0.476. The fraction of sp³-hybridized carbons (Fsp3) is 0.444. The Bertz CT molecular complexity index is 690. The highest BCUT2D eigenvalue weighted by Crippen LogP contribution is 2.34. The van der Waals surface area contributed by atoms with Gasteiger partial charge in [-0.15, -0.1) is 0 Å². The average molecular weight is 362 g/mol. The Morgan fingerprint density at radius 3 is 3.04 bits per heavy atom. The fourth-order valence-electron chi connectivity index (χ4n) is 2.73. The number of carbonyl (C=O) groups is 1. The first kappa shape index (κ1) is 17.7. The van der Waals surface area contributed by atoms with Crippen LogP contribution in [0.25, 0.3) is 6.08 Å². The van der Waals surface area contributed by atoms with Crippen LogP contribution in [0.1, 0.15) is 25.3 Å². The van der Waals surface area contributed by atoms with Crippen LogP contribution in [0.3, 0.4) is 0 Å². The minimum atomic E-state index is -0.131. The van der Waals surface area contributed by atoms with Crippen LogP contribution < -0.4 is 14.8 Å². The SMILES string of the molecule is CCOCCCN1C(=O)/C(=C\c2cccc3c2OCCCO3)NC1=S. The van der Waals surface area contributed by atoms with Gasteiger partial charge in [-0.3, -0.25) is 9.69 Å². The molecular formula is C18H22N2O4S. The molecule has 0 unspecified atom stereocenters. The number of ether oxygens (including phenoxy) is 3. The summed E-state index contributed by atoms with van der Waals surface area (Å²) in [7, 11) is 0. The van der Waals surface area contributed by atoms with E-state index in [1.165, 1.54) is 0 Å². The maximum Gasteiger partial charge on any atom is 0.276 e. The van der Waals surface area contributed by atoms with Crippen molar-refractivity contribution in [2.45, 2.75) is 19.8 Å². The van der Waals surface area contributed by atoms with E-state index in [4.69, 9.17) is 26.4 Å². The lowest BCUT2D eigenvalue weighted by Crippen LogP contribution is -2.32. The molecule has 1 aromatic rings. The molecule has 1 saturated heterocycles. The number of para-hydroxylation sites is 1. The topological polar surface area (TPSA) is 60.0 Å². The van der Waals surface area contributed by atoms with Crippen LogP contribution >= 0.6 is 12.2 Å².